The zero-order chi connectivity index (χ0) is 21.1. The van der Waals surface area contributed by atoms with Crippen LogP contribution in [0.15, 0.2) is 52.3 Å². The van der Waals surface area contributed by atoms with Gasteiger partial charge in [0, 0.05) is 10.9 Å². The molecule has 0 radical (unpaired) electrons. The maximum absolute atomic E-state index is 12.5. The zero-order valence-electron chi connectivity index (χ0n) is 16.3. The van der Waals surface area contributed by atoms with Gasteiger partial charge in [0.1, 0.15) is 15.6 Å². The molecule has 0 saturated heterocycles. The van der Waals surface area contributed by atoms with Crippen molar-refractivity contribution in [3.63, 3.8) is 0 Å². The molecular weight excluding hydrogens is 420 g/mol. The number of amides is 2. The first-order valence-corrected chi connectivity index (χ1v) is 10.8. The second-order valence-electron chi connectivity index (χ2n) is 6.53. The SMILES string of the molecule is Cc1ccc(-c2nc(CC(=O)NNC(=O)c3sc(-c4ccccc4)nc3C)cs2)o1. The molecule has 0 aliphatic carbocycles. The first-order valence-electron chi connectivity index (χ1n) is 9.13. The predicted octanol–water partition coefficient (Wildman–Crippen LogP) is 4.15. The second-order valence-corrected chi connectivity index (χ2v) is 8.39. The number of hydrogen-bond acceptors (Lipinski definition) is 7. The van der Waals surface area contributed by atoms with Gasteiger partial charge in [-0.15, -0.1) is 22.7 Å². The molecule has 3 heterocycles. The van der Waals surface area contributed by atoms with Gasteiger partial charge in [0.05, 0.1) is 17.8 Å². The highest BCUT2D eigenvalue weighted by atomic mass is 32.1. The van der Waals surface area contributed by atoms with Crippen LogP contribution in [0.3, 0.4) is 0 Å². The zero-order valence-corrected chi connectivity index (χ0v) is 17.9. The maximum Gasteiger partial charge on any atom is 0.281 e. The quantitative estimate of drug-likeness (QED) is 0.456. The molecule has 0 bridgehead atoms. The van der Waals surface area contributed by atoms with E-state index in [1.807, 2.05) is 49.4 Å². The van der Waals surface area contributed by atoms with Crippen molar-refractivity contribution in [3.05, 3.63) is 69.9 Å². The smallest absolute Gasteiger partial charge is 0.281 e. The summed E-state index contributed by atoms with van der Waals surface area (Å²) >= 11 is 2.69. The number of benzene rings is 1. The molecule has 1 aromatic carbocycles. The fourth-order valence-electron chi connectivity index (χ4n) is 2.75. The van der Waals surface area contributed by atoms with Crippen LogP contribution in [0, 0.1) is 13.8 Å². The van der Waals surface area contributed by atoms with Gasteiger partial charge in [-0.3, -0.25) is 20.4 Å². The van der Waals surface area contributed by atoms with E-state index < -0.39 is 5.91 Å². The summed E-state index contributed by atoms with van der Waals surface area (Å²) in [5.74, 6) is 0.718. The van der Waals surface area contributed by atoms with E-state index in [2.05, 4.69) is 20.8 Å². The van der Waals surface area contributed by atoms with E-state index in [-0.39, 0.29) is 12.3 Å². The molecule has 0 spiro atoms. The third-order valence-electron chi connectivity index (χ3n) is 4.18. The largest absolute Gasteiger partial charge is 0.459 e. The summed E-state index contributed by atoms with van der Waals surface area (Å²) in [6.45, 7) is 3.63. The van der Waals surface area contributed by atoms with Crippen molar-refractivity contribution in [2.75, 3.05) is 0 Å². The molecule has 4 aromatic rings. The number of nitrogens with one attached hydrogen (secondary N) is 2. The van der Waals surface area contributed by atoms with Crippen LogP contribution in [0.1, 0.15) is 26.8 Å². The Labute approximate surface area is 180 Å². The molecule has 7 nitrogen and oxygen atoms in total. The standard InChI is InChI=1S/C21H18N4O3S2/c1-12-8-9-16(28-12)21-23-15(11-29-21)10-17(26)24-25-19(27)18-13(2)22-20(30-18)14-6-4-3-5-7-14/h3-9,11H,10H2,1-2H3,(H,24,26)(H,25,27). The highest BCUT2D eigenvalue weighted by Gasteiger charge is 2.17. The molecule has 4 rings (SSSR count). The number of hydrazine groups is 1. The third-order valence-corrected chi connectivity index (χ3v) is 6.29. The van der Waals surface area contributed by atoms with Crippen LogP contribution < -0.4 is 10.9 Å². The van der Waals surface area contributed by atoms with Crippen molar-refractivity contribution >= 4 is 34.5 Å². The Bertz CT molecular complexity index is 1190. The van der Waals surface area contributed by atoms with Gasteiger partial charge in [0.2, 0.25) is 5.91 Å². The first-order chi connectivity index (χ1) is 14.5. The second kappa shape index (κ2) is 8.60. The molecule has 3 aromatic heterocycles. The lowest BCUT2D eigenvalue weighted by molar-refractivity contribution is -0.121. The van der Waals surface area contributed by atoms with E-state index in [0.29, 0.717) is 27.0 Å². The van der Waals surface area contributed by atoms with E-state index in [1.54, 1.807) is 12.3 Å². The van der Waals surface area contributed by atoms with Gasteiger partial charge in [0.25, 0.3) is 5.91 Å². The lowest BCUT2D eigenvalue weighted by Crippen LogP contribution is -2.42. The van der Waals surface area contributed by atoms with Crippen molar-refractivity contribution in [2.45, 2.75) is 20.3 Å². The summed E-state index contributed by atoms with van der Waals surface area (Å²) in [4.78, 5) is 34.0. The molecule has 0 fully saturated rings. The van der Waals surface area contributed by atoms with Crippen LogP contribution in [0.2, 0.25) is 0 Å². The van der Waals surface area contributed by atoms with Gasteiger partial charge < -0.3 is 4.42 Å². The van der Waals surface area contributed by atoms with Gasteiger partial charge in [-0.25, -0.2) is 9.97 Å². The van der Waals surface area contributed by atoms with Crippen molar-refractivity contribution in [3.8, 4) is 21.3 Å². The fourth-order valence-corrected chi connectivity index (χ4v) is 4.50. The summed E-state index contributed by atoms with van der Waals surface area (Å²) in [5, 5.41) is 3.27. The first kappa shape index (κ1) is 20.0. The number of nitrogens with zero attached hydrogens (tertiary/aromatic N) is 2. The molecule has 2 N–H and O–H groups in total. The van der Waals surface area contributed by atoms with Gasteiger partial charge >= 0.3 is 0 Å². The number of carbonyl (C=O) groups is 2. The minimum absolute atomic E-state index is 0.0490. The summed E-state index contributed by atoms with van der Waals surface area (Å²) in [6, 6.07) is 13.4. The number of furan rings is 1. The number of aromatic nitrogens is 2. The monoisotopic (exact) mass is 438 g/mol. The van der Waals surface area contributed by atoms with E-state index in [9.17, 15) is 9.59 Å². The average molecular weight is 439 g/mol. The Morgan fingerprint density at radius 1 is 1.00 bits per heavy atom. The van der Waals surface area contributed by atoms with Crippen molar-refractivity contribution in [2.24, 2.45) is 0 Å². The molecule has 2 amide bonds. The molecule has 0 unspecified atom stereocenters. The van der Waals surface area contributed by atoms with Gasteiger partial charge in [-0.1, -0.05) is 30.3 Å². The number of rotatable bonds is 5. The molecule has 0 aliphatic heterocycles. The number of thiazole rings is 2. The van der Waals surface area contributed by atoms with Crippen molar-refractivity contribution in [1.82, 2.24) is 20.8 Å². The van der Waals surface area contributed by atoms with E-state index in [1.165, 1.54) is 22.7 Å². The Morgan fingerprint density at radius 2 is 1.80 bits per heavy atom. The molecule has 0 aliphatic rings. The van der Waals surface area contributed by atoms with Crippen molar-refractivity contribution < 1.29 is 14.0 Å². The van der Waals surface area contributed by atoms with Crippen LogP contribution >= 0.6 is 22.7 Å². The topological polar surface area (TPSA) is 97.1 Å². The Balaban J connectivity index is 1.35. The van der Waals surface area contributed by atoms with Crippen molar-refractivity contribution in [1.29, 1.82) is 0 Å². The lowest BCUT2D eigenvalue weighted by atomic mass is 10.2. The Morgan fingerprint density at radius 3 is 2.53 bits per heavy atom. The van der Waals surface area contributed by atoms with E-state index in [0.717, 1.165) is 16.3 Å². The minimum atomic E-state index is -0.398. The fraction of sp³-hybridized carbons (Fsp3) is 0.143. The summed E-state index contributed by atoms with van der Waals surface area (Å²) in [6.07, 6.45) is 0.0490. The third kappa shape index (κ3) is 4.47. The molecule has 9 heteroatoms. The summed E-state index contributed by atoms with van der Waals surface area (Å²) < 4.78 is 5.55. The van der Waals surface area contributed by atoms with E-state index >= 15 is 0 Å². The highest BCUT2D eigenvalue weighted by molar-refractivity contribution is 7.17. The van der Waals surface area contributed by atoms with Crippen LogP contribution in [0.5, 0.6) is 0 Å². The van der Waals surface area contributed by atoms with Gasteiger partial charge in [0.15, 0.2) is 10.8 Å². The highest BCUT2D eigenvalue weighted by Crippen LogP contribution is 2.28. The summed E-state index contributed by atoms with van der Waals surface area (Å²) in [7, 11) is 0. The van der Waals surface area contributed by atoms with Gasteiger partial charge in [-0.2, -0.15) is 0 Å². The molecule has 152 valence electrons. The number of hydrogen-bond donors (Lipinski definition) is 2. The predicted molar refractivity (Wildman–Crippen MR) is 116 cm³/mol. The van der Waals surface area contributed by atoms with Crippen LogP contribution in [0.4, 0.5) is 0 Å². The van der Waals surface area contributed by atoms with E-state index in [4.69, 9.17) is 4.42 Å². The minimum Gasteiger partial charge on any atom is -0.459 e. The Kier molecular flexibility index (Phi) is 5.73. The lowest BCUT2D eigenvalue weighted by Gasteiger charge is -2.05. The number of carbonyl (C=O) groups excluding carboxylic acids is 2. The maximum atomic E-state index is 12.5. The average Bonchev–Trinajstić information content (AvgIpc) is 3.47. The van der Waals surface area contributed by atoms with Crippen LogP contribution in [-0.2, 0) is 11.2 Å². The molecular formula is C21H18N4O3S2. The molecule has 0 saturated carbocycles. The van der Waals surface area contributed by atoms with Crippen LogP contribution in [-0.4, -0.2) is 21.8 Å². The summed E-state index contributed by atoms with van der Waals surface area (Å²) in [5.41, 5.74) is 7.06. The Hall–Kier alpha value is -3.30. The molecule has 30 heavy (non-hydrogen) atoms. The van der Waals surface area contributed by atoms with Crippen LogP contribution in [0.25, 0.3) is 21.3 Å². The number of aryl methyl sites for hydroxylation is 2. The van der Waals surface area contributed by atoms with Gasteiger partial charge in [-0.05, 0) is 26.0 Å². The molecule has 0 atom stereocenters. The normalized spacial score (nSPS) is 10.7.